The summed E-state index contributed by atoms with van der Waals surface area (Å²) in [7, 11) is 0. The zero-order valence-electron chi connectivity index (χ0n) is 14.5. The second-order valence-electron chi connectivity index (χ2n) is 6.34. The second kappa shape index (κ2) is 6.97. The minimum Gasteiger partial charge on any atom is -0.466 e. The Kier molecular flexibility index (Phi) is 4.74. The van der Waals surface area contributed by atoms with Gasteiger partial charge < -0.3 is 15.4 Å². The van der Waals surface area contributed by atoms with E-state index in [9.17, 15) is 9.59 Å². The van der Waals surface area contributed by atoms with Gasteiger partial charge in [0.15, 0.2) is 0 Å². The number of anilines is 2. The molecule has 2 N–H and O–H groups in total. The maximum atomic E-state index is 12.7. The number of ether oxygens (including phenoxy) is 1. The third kappa shape index (κ3) is 3.50. The molecule has 5 nitrogen and oxygen atoms in total. The van der Waals surface area contributed by atoms with E-state index in [1.807, 2.05) is 24.3 Å². The zero-order chi connectivity index (χ0) is 17.9. The number of aryl methyl sites for hydroxylation is 1. The number of hydrogen-bond donors (Lipinski definition) is 2. The molecule has 0 bridgehead atoms. The van der Waals surface area contributed by atoms with Crippen LogP contribution in [0.5, 0.6) is 5.75 Å². The summed E-state index contributed by atoms with van der Waals surface area (Å²) < 4.78 is 5.72. The lowest BCUT2D eigenvalue weighted by Crippen LogP contribution is -2.56. The molecule has 1 atom stereocenters. The minimum absolute atomic E-state index is 0.481. The lowest BCUT2D eigenvalue weighted by molar-refractivity contribution is -0.143. The van der Waals surface area contributed by atoms with Gasteiger partial charge in [0.1, 0.15) is 5.75 Å². The zero-order valence-corrected chi connectivity index (χ0v) is 14.5. The molecule has 130 valence electrons. The minimum atomic E-state index is -1.62. The fourth-order valence-electron chi connectivity index (χ4n) is 2.70. The van der Waals surface area contributed by atoms with Gasteiger partial charge in [-0.15, -0.1) is 0 Å². The molecule has 1 aliphatic heterocycles. The van der Waals surface area contributed by atoms with E-state index < -0.39 is 17.4 Å². The molecule has 5 heteroatoms. The van der Waals surface area contributed by atoms with Crippen molar-refractivity contribution in [2.45, 2.75) is 38.7 Å². The quantitative estimate of drug-likeness (QED) is 0.816. The number of para-hydroxylation sites is 2. The van der Waals surface area contributed by atoms with E-state index in [1.165, 1.54) is 12.5 Å². The molecule has 0 fully saturated rings. The molecule has 0 saturated carbocycles. The number of fused-ring (bicyclic) bond motifs is 1. The molecule has 0 spiro atoms. The Labute approximate surface area is 147 Å². The van der Waals surface area contributed by atoms with Gasteiger partial charge in [-0.05, 0) is 49.6 Å². The molecule has 25 heavy (non-hydrogen) atoms. The molecule has 1 aliphatic rings. The van der Waals surface area contributed by atoms with Crippen molar-refractivity contribution in [2.75, 3.05) is 10.6 Å². The van der Waals surface area contributed by atoms with Crippen molar-refractivity contribution in [1.29, 1.82) is 0 Å². The van der Waals surface area contributed by atoms with Gasteiger partial charge in [-0.3, -0.25) is 9.59 Å². The SMILES string of the molecule is CCCCc1ccc(NC(=O)C2(C)Oc3ccccc3NC2=O)cc1. The number of amides is 2. The normalized spacial score (nSPS) is 18.7. The van der Waals surface area contributed by atoms with Crippen molar-refractivity contribution in [1.82, 2.24) is 0 Å². The van der Waals surface area contributed by atoms with E-state index in [0.717, 1.165) is 19.3 Å². The highest BCUT2D eigenvalue weighted by Crippen LogP contribution is 2.33. The van der Waals surface area contributed by atoms with Crippen LogP contribution in [0.3, 0.4) is 0 Å². The largest absolute Gasteiger partial charge is 0.466 e. The highest BCUT2D eigenvalue weighted by molar-refractivity contribution is 6.18. The summed E-state index contributed by atoms with van der Waals surface area (Å²) in [4.78, 5) is 25.1. The topological polar surface area (TPSA) is 67.4 Å². The van der Waals surface area contributed by atoms with Crippen molar-refractivity contribution in [2.24, 2.45) is 0 Å². The molecule has 1 heterocycles. The Morgan fingerprint density at radius 1 is 1.16 bits per heavy atom. The molecule has 0 radical (unpaired) electrons. The maximum Gasteiger partial charge on any atom is 0.278 e. The van der Waals surface area contributed by atoms with Gasteiger partial charge in [-0.1, -0.05) is 37.6 Å². The van der Waals surface area contributed by atoms with Gasteiger partial charge in [0.05, 0.1) is 5.69 Å². The predicted octanol–water partition coefficient (Wildman–Crippen LogP) is 3.76. The van der Waals surface area contributed by atoms with Gasteiger partial charge >= 0.3 is 0 Å². The predicted molar refractivity (Wildman–Crippen MR) is 97.8 cm³/mol. The van der Waals surface area contributed by atoms with Crippen LogP contribution in [0.1, 0.15) is 32.3 Å². The molecule has 0 aliphatic carbocycles. The average Bonchev–Trinajstić information content (AvgIpc) is 2.62. The third-order valence-electron chi connectivity index (χ3n) is 4.35. The number of carbonyl (C=O) groups is 2. The van der Waals surface area contributed by atoms with Gasteiger partial charge in [0, 0.05) is 5.69 Å². The molecule has 1 unspecified atom stereocenters. The van der Waals surface area contributed by atoms with Crippen LogP contribution in [0.4, 0.5) is 11.4 Å². The number of hydrogen-bond acceptors (Lipinski definition) is 3. The highest BCUT2D eigenvalue weighted by atomic mass is 16.5. The fraction of sp³-hybridized carbons (Fsp3) is 0.300. The smallest absolute Gasteiger partial charge is 0.278 e. The Morgan fingerprint density at radius 2 is 1.88 bits per heavy atom. The number of unbranched alkanes of at least 4 members (excludes halogenated alkanes) is 1. The fourth-order valence-corrected chi connectivity index (χ4v) is 2.70. The van der Waals surface area contributed by atoms with Gasteiger partial charge in [-0.25, -0.2) is 0 Å². The summed E-state index contributed by atoms with van der Waals surface area (Å²) in [5, 5.41) is 5.50. The molecular weight excluding hydrogens is 316 g/mol. The molecule has 2 aromatic carbocycles. The van der Waals surface area contributed by atoms with Crippen molar-refractivity contribution in [3.63, 3.8) is 0 Å². The summed E-state index contributed by atoms with van der Waals surface area (Å²) in [6.45, 7) is 3.63. The van der Waals surface area contributed by atoms with E-state index in [2.05, 4.69) is 17.6 Å². The van der Waals surface area contributed by atoms with E-state index in [-0.39, 0.29) is 0 Å². The van der Waals surface area contributed by atoms with Crippen LogP contribution < -0.4 is 15.4 Å². The summed E-state index contributed by atoms with van der Waals surface area (Å²) in [6, 6.07) is 14.7. The lowest BCUT2D eigenvalue weighted by Gasteiger charge is -2.33. The van der Waals surface area contributed by atoms with Crippen LogP contribution in [0.15, 0.2) is 48.5 Å². The first-order chi connectivity index (χ1) is 12.0. The van der Waals surface area contributed by atoms with Crippen LogP contribution in [-0.2, 0) is 16.0 Å². The summed E-state index contributed by atoms with van der Waals surface area (Å²) in [5.41, 5.74) is 0.821. The summed E-state index contributed by atoms with van der Waals surface area (Å²) >= 11 is 0. The first kappa shape index (κ1) is 17.0. The summed E-state index contributed by atoms with van der Waals surface area (Å²) in [6.07, 6.45) is 3.30. The Bertz CT molecular complexity index is 786. The van der Waals surface area contributed by atoms with E-state index in [4.69, 9.17) is 4.74 Å². The van der Waals surface area contributed by atoms with Gasteiger partial charge in [-0.2, -0.15) is 0 Å². The van der Waals surface area contributed by atoms with Crippen LogP contribution in [0.25, 0.3) is 0 Å². The molecule has 2 amide bonds. The van der Waals surface area contributed by atoms with Crippen molar-refractivity contribution in [3.8, 4) is 5.75 Å². The first-order valence-electron chi connectivity index (χ1n) is 8.53. The van der Waals surface area contributed by atoms with Crippen molar-refractivity contribution in [3.05, 3.63) is 54.1 Å². The Hall–Kier alpha value is -2.82. The lowest BCUT2D eigenvalue weighted by atomic mass is 10.0. The van der Waals surface area contributed by atoms with Crippen molar-refractivity contribution < 1.29 is 14.3 Å². The van der Waals surface area contributed by atoms with Crippen molar-refractivity contribution >= 4 is 23.2 Å². The van der Waals surface area contributed by atoms with Crippen LogP contribution in [-0.4, -0.2) is 17.4 Å². The van der Waals surface area contributed by atoms with Gasteiger partial charge in [0.2, 0.25) is 0 Å². The number of nitrogens with one attached hydrogen (secondary N) is 2. The highest BCUT2D eigenvalue weighted by Gasteiger charge is 2.47. The van der Waals surface area contributed by atoms with Crippen LogP contribution in [0.2, 0.25) is 0 Å². The Morgan fingerprint density at radius 3 is 2.60 bits per heavy atom. The monoisotopic (exact) mass is 338 g/mol. The molecular formula is C20H22N2O3. The van der Waals surface area contributed by atoms with E-state index in [0.29, 0.717) is 17.1 Å². The van der Waals surface area contributed by atoms with E-state index in [1.54, 1.807) is 24.3 Å². The maximum absolute atomic E-state index is 12.7. The number of benzene rings is 2. The Balaban J connectivity index is 1.73. The number of carbonyl (C=O) groups excluding carboxylic acids is 2. The number of rotatable bonds is 5. The standard InChI is InChI=1S/C20H22N2O3/c1-3-4-7-14-10-12-15(13-11-14)21-18(23)20(2)19(24)22-16-8-5-6-9-17(16)25-20/h5-6,8-13H,3-4,7H2,1-2H3,(H,21,23)(H,22,24). The third-order valence-corrected chi connectivity index (χ3v) is 4.35. The van der Waals surface area contributed by atoms with Crippen LogP contribution >= 0.6 is 0 Å². The molecule has 2 aromatic rings. The van der Waals surface area contributed by atoms with E-state index >= 15 is 0 Å². The summed E-state index contributed by atoms with van der Waals surface area (Å²) in [5.74, 6) is -0.501. The molecule has 0 saturated heterocycles. The van der Waals surface area contributed by atoms with Gasteiger partial charge in [0.25, 0.3) is 17.4 Å². The molecule has 0 aromatic heterocycles. The first-order valence-corrected chi connectivity index (χ1v) is 8.53. The second-order valence-corrected chi connectivity index (χ2v) is 6.34. The van der Waals surface area contributed by atoms with Crippen LogP contribution in [0, 0.1) is 0 Å². The average molecular weight is 338 g/mol. The molecule has 3 rings (SSSR count).